The van der Waals surface area contributed by atoms with Crippen LogP contribution < -0.4 is 5.56 Å². The first-order chi connectivity index (χ1) is 9.97. The van der Waals surface area contributed by atoms with Gasteiger partial charge in [-0.15, -0.1) is 11.3 Å². The SMILES string of the molecule is Cc1cc(C)c(CN2CCc3scc(C)c3C2=O)c(=O)[nH]1. The summed E-state index contributed by atoms with van der Waals surface area (Å²) in [6.45, 7) is 6.83. The molecule has 0 atom stereocenters. The second-order valence-corrected chi connectivity index (χ2v) is 6.60. The molecular formula is C16H18N2O2S. The molecule has 0 aromatic carbocycles. The average molecular weight is 302 g/mol. The van der Waals surface area contributed by atoms with Gasteiger partial charge < -0.3 is 9.88 Å². The number of pyridine rings is 1. The van der Waals surface area contributed by atoms with Crippen molar-refractivity contribution in [2.45, 2.75) is 33.7 Å². The number of aromatic amines is 1. The molecule has 1 aliphatic heterocycles. The summed E-state index contributed by atoms with van der Waals surface area (Å²) in [6, 6.07) is 1.95. The Kier molecular flexibility index (Phi) is 3.45. The number of carbonyl (C=O) groups excluding carboxylic acids is 1. The highest BCUT2D eigenvalue weighted by molar-refractivity contribution is 7.10. The lowest BCUT2D eigenvalue weighted by Crippen LogP contribution is -2.38. The van der Waals surface area contributed by atoms with Gasteiger partial charge in [0.2, 0.25) is 0 Å². The van der Waals surface area contributed by atoms with Crippen molar-refractivity contribution in [3.8, 4) is 0 Å². The first-order valence-corrected chi connectivity index (χ1v) is 7.91. The highest BCUT2D eigenvalue weighted by atomic mass is 32.1. The number of aromatic nitrogens is 1. The van der Waals surface area contributed by atoms with Crippen LogP contribution in [0.2, 0.25) is 0 Å². The van der Waals surface area contributed by atoms with E-state index in [0.717, 1.165) is 28.8 Å². The van der Waals surface area contributed by atoms with Crippen LogP contribution in [-0.2, 0) is 13.0 Å². The van der Waals surface area contributed by atoms with E-state index in [4.69, 9.17) is 0 Å². The third kappa shape index (κ3) is 2.42. The fourth-order valence-corrected chi connectivity index (χ4v) is 3.90. The molecule has 0 fully saturated rings. The Balaban J connectivity index is 1.93. The van der Waals surface area contributed by atoms with E-state index in [1.165, 1.54) is 4.88 Å². The zero-order chi connectivity index (χ0) is 15.1. The van der Waals surface area contributed by atoms with E-state index in [0.29, 0.717) is 18.7 Å². The molecule has 0 aliphatic carbocycles. The van der Waals surface area contributed by atoms with Crippen LogP contribution in [0, 0.1) is 20.8 Å². The van der Waals surface area contributed by atoms with E-state index in [1.54, 1.807) is 16.2 Å². The quantitative estimate of drug-likeness (QED) is 0.927. The van der Waals surface area contributed by atoms with Crippen molar-refractivity contribution < 1.29 is 4.79 Å². The molecule has 0 saturated heterocycles. The van der Waals surface area contributed by atoms with E-state index in [-0.39, 0.29) is 11.5 Å². The Hall–Kier alpha value is -1.88. The summed E-state index contributed by atoms with van der Waals surface area (Å²) in [5, 5.41) is 2.04. The van der Waals surface area contributed by atoms with Gasteiger partial charge in [0.05, 0.1) is 12.1 Å². The molecule has 5 heteroatoms. The summed E-state index contributed by atoms with van der Waals surface area (Å²) in [4.78, 5) is 30.5. The second kappa shape index (κ2) is 5.15. The van der Waals surface area contributed by atoms with E-state index < -0.39 is 0 Å². The van der Waals surface area contributed by atoms with E-state index in [9.17, 15) is 9.59 Å². The van der Waals surface area contributed by atoms with Gasteiger partial charge in [-0.1, -0.05) is 0 Å². The van der Waals surface area contributed by atoms with Crippen LogP contribution in [0.15, 0.2) is 16.2 Å². The summed E-state index contributed by atoms with van der Waals surface area (Å²) in [5.74, 6) is 0.0503. The molecule has 0 saturated carbocycles. The first kappa shape index (κ1) is 14.1. The van der Waals surface area contributed by atoms with Crippen LogP contribution in [0.3, 0.4) is 0 Å². The Morgan fingerprint density at radius 3 is 2.71 bits per heavy atom. The van der Waals surface area contributed by atoms with E-state index in [2.05, 4.69) is 4.98 Å². The van der Waals surface area contributed by atoms with Gasteiger partial charge in [-0.05, 0) is 43.3 Å². The number of hydrogen-bond acceptors (Lipinski definition) is 3. The number of aryl methyl sites for hydroxylation is 3. The summed E-state index contributed by atoms with van der Waals surface area (Å²) >= 11 is 1.66. The number of nitrogens with zero attached hydrogens (tertiary/aromatic N) is 1. The minimum atomic E-state index is -0.0897. The molecule has 1 amide bonds. The molecule has 2 aromatic rings. The number of thiophene rings is 1. The Bertz CT molecular complexity index is 773. The minimum absolute atomic E-state index is 0.0503. The molecule has 3 rings (SSSR count). The first-order valence-electron chi connectivity index (χ1n) is 7.03. The Morgan fingerprint density at radius 2 is 2.00 bits per heavy atom. The number of amides is 1. The number of fused-ring (bicyclic) bond motifs is 1. The predicted octanol–water partition coefficient (Wildman–Crippen LogP) is 2.56. The van der Waals surface area contributed by atoms with Gasteiger partial charge in [-0.3, -0.25) is 9.59 Å². The van der Waals surface area contributed by atoms with Crippen LogP contribution in [-0.4, -0.2) is 22.3 Å². The third-order valence-electron chi connectivity index (χ3n) is 4.00. The second-order valence-electron chi connectivity index (χ2n) is 5.64. The van der Waals surface area contributed by atoms with Gasteiger partial charge in [-0.25, -0.2) is 0 Å². The van der Waals surface area contributed by atoms with Crippen LogP contribution >= 0.6 is 11.3 Å². The number of rotatable bonds is 2. The maximum atomic E-state index is 12.6. The molecule has 1 N–H and O–H groups in total. The molecule has 110 valence electrons. The largest absolute Gasteiger partial charge is 0.334 e. The van der Waals surface area contributed by atoms with Crippen molar-refractivity contribution in [2.75, 3.05) is 6.54 Å². The van der Waals surface area contributed by atoms with E-state index >= 15 is 0 Å². The molecule has 2 aromatic heterocycles. The van der Waals surface area contributed by atoms with Gasteiger partial charge in [0.1, 0.15) is 0 Å². The Labute approximate surface area is 127 Å². The molecule has 21 heavy (non-hydrogen) atoms. The normalized spacial score (nSPS) is 14.4. The van der Waals surface area contributed by atoms with Gasteiger partial charge in [0, 0.05) is 29.1 Å². The molecule has 0 radical (unpaired) electrons. The van der Waals surface area contributed by atoms with Gasteiger partial charge in [-0.2, -0.15) is 0 Å². The summed E-state index contributed by atoms with van der Waals surface area (Å²) < 4.78 is 0. The molecule has 3 heterocycles. The molecule has 4 nitrogen and oxygen atoms in total. The average Bonchev–Trinajstić information content (AvgIpc) is 2.78. The van der Waals surface area contributed by atoms with Crippen LogP contribution in [0.5, 0.6) is 0 Å². The van der Waals surface area contributed by atoms with Crippen molar-refractivity contribution in [2.24, 2.45) is 0 Å². The monoisotopic (exact) mass is 302 g/mol. The zero-order valence-electron chi connectivity index (χ0n) is 12.4. The van der Waals surface area contributed by atoms with Gasteiger partial charge in [0.25, 0.3) is 11.5 Å². The fraction of sp³-hybridized carbons (Fsp3) is 0.375. The number of hydrogen-bond donors (Lipinski definition) is 1. The lowest BCUT2D eigenvalue weighted by molar-refractivity contribution is 0.0727. The van der Waals surface area contributed by atoms with Crippen molar-refractivity contribution in [1.82, 2.24) is 9.88 Å². The summed E-state index contributed by atoms with van der Waals surface area (Å²) in [7, 11) is 0. The number of nitrogens with one attached hydrogen (secondary N) is 1. The van der Waals surface area contributed by atoms with Crippen LogP contribution in [0.4, 0.5) is 0 Å². The topological polar surface area (TPSA) is 53.2 Å². The predicted molar refractivity (Wildman–Crippen MR) is 84.0 cm³/mol. The van der Waals surface area contributed by atoms with Gasteiger partial charge in [0.15, 0.2) is 0 Å². The smallest absolute Gasteiger partial charge is 0.255 e. The number of carbonyl (C=O) groups is 1. The van der Waals surface area contributed by atoms with Crippen molar-refractivity contribution in [3.63, 3.8) is 0 Å². The molecule has 0 spiro atoms. The zero-order valence-corrected chi connectivity index (χ0v) is 13.3. The van der Waals surface area contributed by atoms with Crippen molar-refractivity contribution >= 4 is 17.2 Å². The van der Waals surface area contributed by atoms with Crippen molar-refractivity contribution in [3.05, 3.63) is 54.6 Å². The maximum Gasteiger partial charge on any atom is 0.255 e. The fourth-order valence-electron chi connectivity index (χ4n) is 2.89. The van der Waals surface area contributed by atoms with Crippen LogP contribution in [0.25, 0.3) is 0 Å². The summed E-state index contributed by atoms with van der Waals surface area (Å²) in [6.07, 6.45) is 0.877. The number of H-pyrrole nitrogens is 1. The maximum absolute atomic E-state index is 12.6. The highest BCUT2D eigenvalue weighted by Gasteiger charge is 2.28. The highest BCUT2D eigenvalue weighted by Crippen LogP contribution is 2.28. The molecular weight excluding hydrogens is 284 g/mol. The van der Waals surface area contributed by atoms with Gasteiger partial charge >= 0.3 is 0 Å². The van der Waals surface area contributed by atoms with E-state index in [1.807, 2.05) is 32.2 Å². The third-order valence-corrected chi connectivity index (χ3v) is 5.17. The van der Waals surface area contributed by atoms with Crippen molar-refractivity contribution in [1.29, 1.82) is 0 Å². The minimum Gasteiger partial charge on any atom is -0.334 e. The lowest BCUT2D eigenvalue weighted by Gasteiger charge is -2.27. The lowest BCUT2D eigenvalue weighted by atomic mass is 10.0. The Morgan fingerprint density at radius 1 is 1.24 bits per heavy atom. The van der Waals surface area contributed by atoms with Crippen LogP contribution in [0.1, 0.15) is 37.6 Å². The molecule has 0 bridgehead atoms. The molecule has 0 unspecified atom stereocenters. The molecule has 1 aliphatic rings. The summed E-state index contributed by atoms with van der Waals surface area (Å²) in [5.41, 5.74) is 4.27. The standard InChI is InChI=1S/C16H18N2O2S/c1-9-6-11(3)17-15(19)12(9)7-18-5-4-13-14(16(18)20)10(2)8-21-13/h6,8H,4-5,7H2,1-3H3,(H,17,19).